The number of nitrogens with zero attached hydrogens (tertiary/aromatic N) is 5. The normalized spacial score (nSPS) is 13.7. The third-order valence-corrected chi connectivity index (χ3v) is 5.37. The van der Waals surface area contributed by atoms with Crippen molar-refractivity contribution < 1.29 is 19.1 Å². The van der Waals surface area contributed by atoms with Gasteiger partial charge in [-0.1, -0.05) is 12.1 Å². The number of methoxy groups -OCH3 is 1. The quantitative estimate of drug-likeness (QED) is 0.555. The fourth-order valence-electron chi connectivity index (χ4n) is 3.67. The number of hydrogen-bond acceptors (Lipinski definition) is 7. The van der Waals surface area contributed by atoms with Crippen molar-refractivity contribution in [2.24, 2.45) is 0 Å². The van der Waals surface area contributed by atoms with Gasteiger partial charge in [-0.2, -0.15) is 0 Å². The van der Waals surface area contributed by atoms with Crippen molar-refractivity contribution in [2.45, 2.75) is 13.3 Å². The number of benzene rings is 1. The number of hydrogen-bond donors (Lipinski definition) is 0. The van der Waals surface area contributed by atoms with Gasteiger partial charge < -0.3 is 24.2 Å². The monoisotopic (exact) mass is 441 g/mol. The predicted molar refractivity (Wildman–Crippen MR) is 121 cm³/mol. The lowest BCUT2D eigenvalue weighted by molar-refractivity contribution is -0.131. The predicted octanol–water partition coefficient (Wildman–Crippen LogP) is 1.70. The zero-order chi connectivity index (χ0) is 22.8. The number of piperazine rings is 1. The van der Waals surface area contributed by atoms with Crippen LogP contribution in [0.2, 0.25) is 0 Å². The van der Waals surface area contributed by atoms with Crippen LogP contribution in [0.4, 0.5) is 5.69 Å². The fourth-order valence-corrected chi connectivity index (χ4v) is 3.67. The van der Waals surface area contributed by atoms with Gasteiger partial charge >= 0.3 is 0 Å². The Labute approximate surface area is 188 Å². The van der Waals surface area contributed by atoms with Gasteiger partial charge in [-0.15, -0.1) is 0 Å². The lowest BCUT2D eigenvalue weighted by Gasteiger charge is -2.37. The van der Waals surface area contributed by atoms with Crippen LogP contribution in [-0.4, -0.2) is 91.2 Å². The number of para-hydroxylation sites is 2. The highest BCUT2D eigenvalue weighted by molar-refractivity contribution is 5.92. The topological polar surface area (TPSA) is 88.1 Å². The van der Waals surface area contributed by atoms with Gasteiger partial charge in [-0.25, -0.2) is 4.98 Å². The van der Waals surface area contributed by atoms with E-state index in [0.29, 0.717) is 39.4 Å². The summed E-state index contributed by atoms with van der Waals surface area (Å²) in [6.45, 7) is 6.42. The molecule has 172 valence electrons. The second-order valence-corrected chi connectivity index (χ2v) is 7.39. The minimum absolute atomic E-state index is 0.0390. The molecule has 1 saturated heterocycles. The van der Waals surface area contributed by atoms with Crippen LogP contribution >= 0.6 is 0 Å². The van der Waals surface area contributed by atoms with Gasteiger partial charge in [0.2, 0.25) is 5.91 Å². The van der Waals surface area contributed by atoms with E-state index in [1.807, 2.05) is 36.1 Å². The molecule has 3 rings (SSSR count). The van der Waals surface area contributed by atoms with E-state index in [-0.39, 0.29) is 23.9 Å². The molecule has 1 aliphatic heterocycles. The first-order valence-corrected chi connectivity index (χ1v) is 10.9. The van der Waals surface area contributed by atoms with Crippen LogP contribution in [0.5, 0.6) is 5.75 Å². The first kappa shape index (κ1) is 23.5. The molecular weight excluding hydrogens is 410 g/mol. The highest BCUT2D eigenvalue weighted by atomic mass is 16.5. The van der Waals surface area contributed by atoms with Crippen LogP contribution in [0.1, 0.15) is 23.8 Å². The van der Waals surface area contributed by atoms with Gasteiger partial charge in [0.25, 0.3) is 5.91 Å². The Balaban J connectivity index is 1.54. The highest BCUT2D eigenvalue weighted by Crippen LogP contribution is 2.28. The number of rotatable bonds is 10. The van der Waals surface area contributed by atoms with Crippen LogP contribution < -0.4 is 9.64 Å². The van der Waals surface area contributed by atoms with Gasteiger partial charge in [0.1, 0.15) is 11.4 Å². The van der Waals surface area contributed by atoms with Crippen molar-refractivity contribution in [3.63, 3.8) is 0 Å². The summed E-state index contributed by atoms with van der Waals surface area (Å²) in [6.07, 6.45) is 4.69. The molecule has 1 aliphatic rings. The van der Waals surface area contributed by atoms with E-state index in [2.05, 4.69) is 14.9 Å². The van der Waals surface area contributed by atoms with Crippen LogP contribution in [0, 0.1) is 0 Å². The average Bonchev–Trinajstić information content (AvgIpc) is 2.85. The molecular formula is C23H31N5O4. The number of aromatic nitrogens is 2. The van der Waals surface area contributed by atoms with Gasteiger partial charge in [-0.3, -0.25) is 14.6 Å². The van der Waals surface area contributed by atoms with Crippen molar-refractivity contribution >= 4 is 17.5 Å². The Bertz CT molecular complexity index is 872. The summed E-state index contributed by atoms with van der Waals surface area (Å²) in [5, 5.41) is 0. The molecule has 1 aromatic carbocycles. The first-order valence-electron chi connectivity index (χ1n) is 10.9. The lowest BCUT2D eigenvalue weighted by Crippen LogP contribution is -2.49. The average molecular weight is 442 g/mol. The summed E-state index contributed by atoms with van der Waals surface area (Å²) in [6, 6.07) is 7.98. The summed E-state index contributed by atoms with van der Waals surface area (Å²) in [7, 11) is 1.58. The molecule has 2 amide bonds. The van der Waals surface area contributed by atoms with E-state index in [1.54, 1.807) is 12.0 Å². The minimum Gasteiger partial charge on any atom is -0.492 e. The standard InChI is InChI=1S/C23H31N5O4/c1-3-32-21-7-5-4-6-20(21)26-12-14-27(15-13-26)22(29)8-11-28(16-17-31-2)23(30)19-18-24-9-10-25-19/h4-7,9-10,18H,3,8,11-17H2,1-2H3. The molecule has 0 spiro atoms. The van der Waals surface area contributed by atoms with Crippen molar-refractivity contribution in [3.8, 4) is 5.75 Å². The van der Waals surface area contributed by atoms with Crippen molar-refractivity contribution in [1.29, 1.82) is 0 Å². The van der Waals surface area contributed by atoms with Crippen molar-refractivity contribution in [2.75, 3.05) is 64.5 Å². The molecule has 1 aromatic heterocycles. The van der Waals surface area contributed by atoms with Gasteiger partial charge in [0, 0.05) is 65.2 Å². The number of carbonyl (C=O) groups is 2. The molecule has 0 bridgehead atoms. The largest absolute Gasteiger partial charge is 0.492 e. The van der Waals surface area contributed by atoms with Crippen molar-refractivity contribution in [1.82, 2.24) is 19.8 Å². The molecule has 0 atom stereocenters. The van der Waals surface area contributed by atoms with Crippen molar-refractivity contribution in [3.05, 3.63) is 48.5 Å². The van der Waals surface area contributed by atoms with Gasteiger partial charge in [0.15, 0.2) is 0 Å². The number of carbonyl (C=O) groups excluding carboxylic acids is 2. The maximum Gasteiger partial charge on any atom is 0.274 e. The lowest BCUT2D eigenvalue weighted by atomic mass is 10.2. The van der Waals surface area contributed by atoms with E-state index in [1.165, 1.54) is 18.6 Å². The zero-order valence-corrected chi connectivity index (χ0v) is 18.8. The minimum atomic E-state index is -0.250. The summed E-state index contributed by atoms with van der Waals surface area (Å²) >= 11 is 0. The maximum atomic E-state index is 12.8. The molecule has 0 aliphatic carbocycles. The second kappa shape index (κ2) is 12.0. The van der Waals surface area contributed by atoms with Gasteiger partial charge in [0.05, 0.1) is 25.1 Å². The van der Waals surface area contributed by atoms with Crippen LogP contribution in [-0.2, 0) is 9.53 Å². The third kappa shape index (κ3) is 6.16. The fraction of sp³-hybridized carbons (Fsp3) is 0.478. The molecule has 9 heteroatoms. The molecule has 32 heavy (non-hydrogen) atoms. The summed E-state index contributed by atoms with van der Waals surface area (Å²) in [5.74, 6) is 0.656. The Morgan fingerprint density at radius 2 is 1.88 bits per heavy atom. The van der Waals surface area contributed by atoms with Crippen LogP contribution in [0.3, 0.4) is 0 Å². The summed E-state index contributed by atoms with van der Waals surface area (Å²) in [4.78, 5) is 39.3. The third-order valence-electron chi connectivity index (χ3n) is 5.37. The van der Waals surface area contributed by atoms with E-state index in [9.17, 15) is 9.59 Å². The van der Waals surface area contributed by atoms with E-state index < -0.39 is 0 Å². The molecule has 0 N–H and O–H groups in total. The first-order chi connectivity index (χ1) is 15.6. The van der Waals surface area contributed by atoms with E-state index in [4.69, 9.17) is 9.47 Å². The summed E-state index contributed by atoms with van der Waals surface area (Å²) < 4.78 is 10.9. The van der Waals surface area contributed by atoms with Gasteiger partial charge in [-0.05, 0) is 19.1 Å². The van der Waals surface area contributed by atoms with Crippen LogP contribution in [0.25, 0.3) is 0 Å². The summed E-state index contributed by atoms with van der Waals surface area (Å²) in [5.41, 5.74) is 1.32. The molecule has 9 nitrogen and oxygen atoms in total. The zero-order valence-electron chi connectivity index (χ0n) is 18.8. The molecule has 0 unspecified atom stereocenters. The SMILES string of the molecule is CCOc1ccccc1N1CCN(C(=O)CCN(CCOC)C(=O)c2cnccn2)CC1. The Morgan fingerprint density at radius 1 is 1.09 bits per heavy atom. The van der Waals surface area contributed by atoms with E-state index in [0.717, 1.165) is 24.5 Å². The second-order valence-electron chi connectivity index (χ2n) is 7.39. The van der Waals surface area contributed by atoms with E-state index >= 15 is 0 Å². The number of amides is 2. The molecule has 0 saturated carbocycles. The molecule has 0 radical (unpaired) electrons. The highest BCUT2D eigenvalue weighted by Gasteiger charge is 2.24. The van der Waals surface area contributed by atoms with Crippen LogP contribution in [0.15, 0.2) is 42.9 Å². The Kier molecular flexibility index (Phi) is 8.79. The molecule has 2 aromatic rings. The smallest absolute Gasteiger partial charge is 0.274 e. The Morgan fingerprint density at radius 3 is 2.56 bits per heavy atom. The maximum absolute atomic E-state index is 12.8. The molecule has 1 fully saturated rings. The number of anilines is 1. The Hall–Kier alpha value is -3.20. The molecule has 2 heterocycles. The number of ether oxygens (including phenoxy) is 2.